The van der Waals surface area contributed by atoms with Crippen LogP contribution in [0.4, 0.5) is 4.39 Å². The molecule has 0 heterocycles. The number of thioether (sulfide) groups is 1. The molecule has 0 aromatic heterocycles. The number of nitrogens with zero attached hydrogens (tertiary/aromatic N) is 1. The summed E-state index contributed by atoms with van der Waals surface area (Å²) in [6.07, 6.45) is 2.08. The van der Waals surface area contributed by atoms with Crippen LogP contribution in [0.5, 0.6) is 0 Å². The molecule has 1 N–H and O–H groups in total. The van der Waals surface area contributed by atoms with Crippen molar-refractivity contribution in [1.82, 2.24) is 5.32 Å². The first-order valence-corrected chi connectivity index (χ1v) is 6.95. The van der Waals surface area contributed by atoms with E-state index in [1.54, 1.807) is 6.07 Å². The van der Waals surface area contributed by atoms with Crippen LogP contribution >= 0.6 is 11.8 Å². The zero-order valence-electron chi connectivity index (χ0n) is 10.2. The van der Waals surface area contributed by atoms with Gasteiger partial charge >= 0.3 is 0 Å². The fourth-order valence-electron chi connectivity index (χ4n) is 1.58. The van der Waals surface area contributed by atoms with Crippen LogP contribution in [0.25, 0.3) is 0 Å². The quantitative estimate of drug-likeness (QED) is 0.845. The van der Waals surface area contributed by atoms with Crippen molar-refractivity contribution in [3.8, 4) is 6.07 Å². The average Bonchev–Trinajstić information content (AvgIpc) is 2.32. The van der Waals surface area contributed by atoms with Crippen LogP contribution in [-0.4, -0.2) is 18.6 Å². The van der Waals surface area contributed by atoms with Crippen LogP contribution in [0, 0.1) is 23.1 Å². The summed E-state index contributed by atoms with van der Waals surface area (Å²) in [4.78, 5) is 0. The molecular formula is C13H17FN2S. The number of benzene rings is 1. The Morgan fingerprint density at radius 1 is 1.53 bits per heavy atom. The lowest BCUT2D eigenvalue weighted by Gasteiger charge is -2.11. The molecule has 0 aliphatic carbocycles. The van der Waals surface area contributed by atoms with Gasteiger partial charge in [-0.1, -0.05) is 6.92 Å². The zero-order valence-corrected chi connectivity index (χ0v) is 11.0. The van der Waals surface area contributed by atoms with Gasteiger partial charge in [-0.25, -0.2) is 4.39 Å². The minimum absolute atomic E-state index is 0.256. The van der Waals surface area contributed by atoms with E-state index in [1.165, 1.54) is 12.1 Å². The predicted octanol–water partition coefficient (Wildman–Crippen LogP) is 2.79. The van der Waals surface area contributed by atoms with Crippen LogP contribution in [0.2, 0.25) is 0 Å². The van der Waals surface area contributed by atoms with E-state index >= 15 is 0 Å². The molecule has 0 amide bonds. The summed E-state index contributed by atoms with van der Waals surface area (Å²) in [6, 6.07) is 6.46. The number of nitriles is 1. The average molecular weight is 252 g/mol. The molecular weight excluding hydrogens is 235 g/mol. The van der Waals surface area contributed by atoms with Crippen molar-refractivity contribution >= 4 is 11.8 Å². The highest BCUT2D eigenvalue weighted by Crippen LogP contribution is 2.10. The minimum atomic E-state index is -0.256. The second kappa shape index (κ2) is 7.31. The van der Waals surface area contributed by atoms with Crippen molar-refractivity contribution in [2.24, 2.45) is 5.92 Å². The van der Waals surface area contributed by atoms with Gasteiger partial charge in [0.2, 0.25) is 0 Å². The summed E-state index contributed by atoms with van der Waals surface area (Å²) in [5, 5.41) is 12.0. The lowest BCUT2D eigenvalue weighted by molar-refractivity contribution is 0.540. The Balaban J connectivity index is 2.49. The Kier molecular flexibility index (Phi) is 6.03. The van der Waals surface area contributed by atoms with E-state index in [-0.39, 0.29) is 5.82 Å². The molecule has 1 aromatic carbocycles. The van der Waals surface area contributed by atoms with Crippen LogP contribution in [0.3, 0.4) is 0 Å². The van der Waals surface area contributed by atoms with E-state index in [9.17, 15) is 4.39 Å². The lowest BCUT2D eigenvalue weighted by Crippen LogP contribution is -2.22. The molecule has 0 saturated heterocycles. The lowest BCUT2D eigenvalue weighted by atomic mass is 10.1. The standard InChI is InChI=1S/C13H17FN2S/c1-10(9-17-2)7-16-8-12-5-11(6-15)3-4-13(12)14/h3-5,10,16H,7-9H2,1-2H3. The third-order valence-electron chi connectivity index (χ3n) is 2.43. The van der Waals surface area contributed by atoms with Gasteiger partial charge in [0.05, 0.1) is 11.6 Å². The van der Waals surface area contributed by atoms with Gasteiger partial charge < -0.3 is 5.32 Å². The number of halogens is 1. The molecule has 2 nitrogen and oxygen atoms in total. The van der Waals surface area contributed by atoms with Crippen LogP contribution in [0.1, 0.15) is 18.1 Å². The van der Waals surface area contributed by atoms with E-state index in [1.807, 2.05) is 17.8 Å². The fraction of sp³-hybridized carbons (Fsp3) is 0.462. The van der Waals surface area contributed by atoms with Crippen molar-refractivity contribution < 1.29 is 4.39 Å². The maximum atomic E-state index is 13.4. The van der Waals surface area contributed by atoms with Gasteiger partial charge in [-0.3, -0.25) is 0 Å². The van der Waals surface area contributed by atoms with E-state index in [0.717, 1.165) is 12.3 Å². The smallest absolute Gasteiger partial charge is 0.127 e. The molecule has 0 bridgehead atoms. The van der Waals surface area contributed by atoms with E-state index in [2.05, 4.69) is 18.5 Å². The maximum Gasteiger partial charge on any atom is 0.127 e. The third kappa shape index (κ3) is 4.76. The van der Waals surface area contributed by atoms with Gasteiger partial charge in [0.1, 0.15) is 5.82 Å². The highest BCUT2D eigenvalue weighted by molar-refractivity contribution is 7.98. The third-order valence-corrected chi connectivity index (χ3v) is 3.34. The maximum absolute atomic E-state index is 13.4. The second-order valence-electron chi connectivity index (χ2n) is 4.11. The Labute approximate surface area is 106 Å². The Morgan fingerprint density at radius 3 is 2.94 bits per heavy atom. The molecule has 0 radical (unpaired) electrons. The van der Waals surface area contributed by atoms with Crippen molar-refractivity contribution in [3.63, 3.8) is 0 Å². The van der Waals surface area contributed by atoms with Crippen molar-refractivity contribution in [1.29, 1.82) is 5.26 Å². The Hall–Kier alpha value is -1.05. The number of rotatable bonds is 6. The SMILES string of the molecule is CSCC(C)CNCc1cc(C#N)ccc1F. The molecule has 17 heavy (non-hydrogen) atoms. The highest BCUT2D eigenvalue weighted by Gasteiger charge is 2.05. The van der Waals surface area contributed by atoms with Crippen LogP contribution < -0.4 is 5.32 Å². The monoisotopic (exact) mass is 252 g/mol. The number of hydrogen-bond donors (Lipinski definition) is 1. The molecule has 0 spiro atoms. The first kappa shape index (κ1) is 14.0. The van der Waals surface area contributed by atoms with Gasteiger partial charge in [0.25, 0.3) is 0 Å². The van der Waals surface area contributed by atoms with Crippen molar-refractivity contribution in [2.45, 2.75) is 13.5 Å². The first-order valence-electron chi connectivity index (χ1n) is 5.55. The second-order valence-corrected chi connectivity index (χ2v) is 5.02. The van der Waals surface area contributed by atoms with Crippen molar-refractivity contribution in [2.75, 3.05) is 18.6 Å². The molecule has 4 heteroatoms. The molecule has 1 atom stereocenters. The highest BCUT2D eigenvalue weighted by atomic mass is 32.2. The predicted molar refractivity (Wildman–Crippen MR) is 70.4 cm³/mol. The molecule has 0 saturated carbocycles. The Morgan fingerprint density at radius 2 is 2.29 bits per heavy atom. The molecule has 1 rings (SSSR count). The largest absolute Gasteiger partial charge is 0.312 e. The van der Waals surface area contributed by atoms with Gasteiger partial charge in [0, 0.05) is 12.1 Å². The van der Waals surface area contributed by atoms with E-state index in [4.69, 9.17) is 5.26 Å². The molecule has 92 valence electrons. The first-order chi connectivity index (χ1) is 8.17. The van der Waals surface area contributed by atoms with Crippen LogP contribution in [-0.2, 0) is 6.54 Å². The summed E-state index contributed by atoms with van der Waals surface area (Å²) in [6.45, 7) is 3.49. The summed E-state index contributed by atoms with van der Waals surface area (Å²) >= 11 is 1.81. The molecule has 1 aromatic rings. The van der Waals surface area contributed by atoms with Crippen molar-refractivity contribution in [3.05, 3.63) is 35.1 Å². The number of nitrogens with one attached hydrogen (secondary N) is 1. The zero-order chi connectivity index (χ0) is 12.7. The number of hydrogen-bond acceptors (Lipinski definition) is 3. The molecule has 1 unspecified atom stereocenters. The molecule has 0 aliphatic rings. The minimum Gasteiger partial charge on any atom is -0.312 e. The summed E-state index contributed by atoms with van der Waals surface area (Å²) in [5.74, 6) is 1.40. The summed E-state index contributed by atoms with van der Waals surface area (Å²) < 4.78 is 13.4. The van der Waals surface area contributed by atoms with Gasteiger partial charge in [-0.2, -0.15) is 17.0 Å². The summed E-state index contributed by atoms with van der Waals surface area (Å²) in [7, 11) is 0. The van der Waals surface area contributed by atoms with E-state index in [0.29, 0.717) is 23.6 Å². The van der Waals surface area contributed by atoms with Gasteiger partial charge in [-0.15, -0.1) is 0 Å². The van der Waals surface area contributed by atoms with E-state index < -0.39 is 0 Å². The fourth-order valence-corrected chi connectivity index (χ4v) is 2.26. The molecule has 0 fully saturated rings. The molecule has 0 aliphatic heterocycles. The normalized spacial score (nSPS) is 12.1. The topological polar surface area (TPSA) is 35.8 Å². The van der Waals surface area contributed by atoms with Gasteiger partial charge in [-0.05, 0) is 42.7 Å². The van der Waals surface area contributed by atoms with Crippen LogP contribution in [0.15, 0.2) is 18.2 Å². The van der Waals surface area contributed by atoms with Gasteiger partial charge in [0.15, 0.2) is 0 Å². The Bertz CT molecular complexity index is 401. The summed E-state index contributed by atoms with van der Waals surface area (Å²) in [5.41, 5.74) is 1.06.